The molecule has 0 N–H and O–H groups in total. The maximum Gasteiger partial charge on any atom is 0.491 e. The number of benzene rings is 2. The molecule has 0 radical (unpaired) electrons. The lowest BCUT2D eigenvalue weighted by Gasteiger charge is -2.37. The number of rotatable bonds is 11. The number of alkyl halides is 3. The van der Waals surface area contributed by atoms with Crippen LogP contribution >= 0.6 is 0 Å². The van der Waals surface area contributed by atoms with Crippen LogP contribution in [0.2, 0.25) is 0 Å². The van der Waals surface area contributed by atoms with Crippen molar-refractivity contribution in [1.82, 2.24) is 9.88 Å². The lowest BCUT2D eigenvalue weighted by Crippen LogP contribution is -2.49. The number of ether oxygens (including phenoxy) is 2. The number of carbonyl (C=O) groups excluding carboxylic acids is 2. The van der Waals surface area contributed by atoms with Gasteiger partial charge in [-0.15, -0.1) is 0 Å². The number of nitrogens with zero attached hydrogens (tertiary/aromatic N) is 2. The van der Waals surface area contributed by atoms with Gasteiger partial charge in [-0.25, -0.2) is 14.6 Å². The van der Waals surface area contributed by atoms with E-state index in [1.165, 1.54) is 0 Å². The molecule has 0 amide bonds. The number of hydrogen-bond donors (Lipinski definition) is 0. The Labute approximate surface area is 250 Å². The van der Waals surface area contributed by atoms with Gasteiger partial charge in [0.15, 0.2) is 0 Å². The zero-order chi connectivity index (χ0) is 31.1. The Morgan fingerprint density at radius 3 is 2.40 bits per heavy atom. The highest BCUT2D eigenvalue weighted by molar-refractivity contribution is 5.91. The Morgan fingerprint density at radius 2 is 1.74 bits per heavy atom. The smallest absolute Gasteiger partial charge is 0.441 e. The van der Waals surface area contributed by atoms with Crippen molar-refractivity contribution in [3.8, 4) is 11.5 Å². The molecule has 1 aliphatic rings. The molecular formula is C33H39F3N2O5. The lowest BCUT2D eigenvalue weighted by molar-refractivity contribution is -0.204. The van der Waals surface area contributed by atoms with Crippen LogP contribution in [0.5, 0.6) is 0 Å². The van der Waals surface area contributed by atoms with Gasteiger partial charge in [0.1, 0.15) is 17.5 Å². The molecule has 1 saturated carbocycles. The Kier molecular flexibility index (Phi) is 10.8. The monoisotopic (exact) mass is 600 g/mol. The molecule has 1 aliphatic carbocycles. The van der Waals surface area contributed by atoms with Crippen LogP contribution in [0.25, 0.3) is 11.5 Å². The van der Waals surface area contributed by atoms with Gasteiger partial charge in [-0.2, -0.15) is 13.2 Å². The highest BCUT2D eigenvalue weighted by atomic mass is 19.4. The van der Waals surface area contributed by atoms with Gasteiger partial charge in [-0.05, 0) is 62.6 Å². The van der Waals surface area contributed by atoms with Crippen LogP contribution in [0, 0.1) is 25.7 Å². The van der Waals surface area contributed by atoms with Crippen molar-refractivity contribution in [1.29, 1.82) is 0 Å². The van der Waals surface area contributed by atoms with E-state index in [0.717, 1.165) is 41.6 Å². The minimum absolute atomic E-state index is 0.0486. The topological polar surface area (TPSA) is 81.9 Å². The molecule has 0 saturated heterocycles. The van der Waals surface area contributed by atoms with Crippen molar-refractivity contribution in [2.45, 2.75) is 84.9 Å². The SMILES string of the molecule is Cc1ccc(-c2nc(CO[C@H]3CCC[C@H](CN(Cc4ccccc4)[C@H](C(=O)OC(=O)C(F)(F)F)C(C)C)C3)c(C)o2)cc1. The van der Waals surface area contributed by atoms with E-state index in [4.69, 9.17) is 9.15 Å². The third-order valence-electron chi connectivity index (χ3n) is 7.79. The Morgan fingerprint density at radius 1 is 1.05 bits per heavy atom. The van der Waals surface area contributed by atoms with E-state index in [1.54, 1.807) is 13.8 Å². The molecule has 1 aromatic heterocycles. The van der Waals surface area contributed by atoms with Crippen LogP contribution in [0.1, 0.15) is 62.1 Å². The first-order chi connectivity index (χ1) is 20.4. The van der Waals surface area contributed by atoms with Crippen molar-refractivity contribution in [2.75, 3.05) is 6.54 Å². The maximum atomic E-state index is 13.0. The molecule has 0 unspecified atom stereocenters. The van der Waals surface area contributed by atoms with Gasteiger partial charge in [-0.3, -0.25) is 4.90 Å². The normalized spacial score (nSPS) is 18.2. The molecule has 7 nitrogen and oxygen atoms in total. The summed E-state index contributed by atoms with van der Waals surface area (Å²) in [4.78, 5) is 31.0. The number of oxazole rings is 1. The first kappa shape index (κ1) is 32.4. The van der Waals surface area contributed by atoms with Crippen LogP contribution in [-0.2, 0) is 32.2 Å². The van der Waals surface area contributed by atoms with Crippen LogP contribution in [-0.4, -0.2) is 46.7 Å². The number of esters is 2. The molecule has 43 heavy (non-hydrogen) atoms. The van der Waals surface area contributed by atoms with Crippen LogP contribution in [0.15, 0.2) is 59.0 Å². The Bertz CT molecular complexity index is 1360. The maximum absolute atomic E-state index is 13.0. The van der Waals surface area contributed by atoms with E-state index in [0.29, 0.717) is 37.8 Å². The molecule has 2 aromatic carbocycles. The van der Waals surface area contributed by atoms with Gasteiger partial charge in [0, 0.05) is 18.7 Å². The van der Waals surface area contributed by atoms with E-state index < -0.39 is 30.1 Å². The summed E-state index contributed by atoms with van der Waals surface area (Å²) in [7, 11) is 0. The minimum Gasteiger partial charge on any atom is -0.441 e. The van der Waals surface area contributed by atoms with E-state index in [-0.39, 0.29) is 12.0 Å². The first-order valence-electron chi connectivity index (χ1n) is 14.7. The highest BCUT2D eigenvalue weighted by Gasteiger charge is 2.44. The van der Waals surface area contributed by atoms with Crippen molar-refractivity contribution in [3.63, 3.8) is 0 Å². The number of aryl methyl sites for hydroxylation is 2. The summed E-state index contributed by atoms with van der Waals surface area (Å²) in [6.07, 6.45) is -1.93. The molecule has 3 aromatic rings. The molecule has 3 atom stereocenters. The van der Waals surface area contributed by atoms with E-state index in [1.807, 2.05) is 73.3 Å². The molecule has 0 spiro atoms. The zero-order valence-electron chi connectivity index (χ0n) is 25.0. The summed E-state index contributed by atoms with van der Waals surface area (Å²) in [5, 5.41) is 0. The highest BCUT2D eigenvalue weighted by Crippen LogP contribution is 2.31. The van der Waals surface area contributed by atoms with Gasteiger partial charge in [0.05, 0.1) is 12.7 Å². The first-order valence-corrected chi connectivity index (χ1v) is 14.7. The predicted molar refractivity (Wildman–Crippen MR) is 155 cm³/mol. The molecule has 1 heterocycles. The second-order valence-electron chi connectivity index (χ2n) is 11.7. The molecule has 1 fully saturated rings. The van der Waals surface area contributed by atoms with Crippen LogP contribution < -0.4 is 0 Å². The standard InChI is InChI=1S/C33H39F3N2O5/c1-21(2)29(31(39)43-32(40)33(34,35)36)38(18-24-9-6-5-7-10-24)19-25-11-8-12-27(17-25)41-20-28-23(4)42-30(37-28)26-15-13-22(3)14-16-26/h5-7,9-10,13-16,21,25,27,29H,8,11-12,17-20H2,1-4H3/t25-,27-,29-/m0/s1. The second-order valence-corrected chi connectivity index (χ2v) is 11.7. The minimum atomic E-state index is -5.25. The Hall–Kier alpha value is -3.50. The fourth-order valence-corrected chi connectivity index (χ4v) is 5.62. The molecule has 4 rings (SSSR count). The second kappa shape index (κ2) is 14.3. The molecule has 0 bridgehead atoms. The Balaban J connectivity index is 1.44. The summed E-state index contributed by atoms with van der Waals surface area (Å²) < 4.78 is 55.2. The predicted octanol–water partition coefficient (Wildman–Crippen LogP) is 7.19. The van der Waals surface area contributed by atoms with Gasteiger partial charge in [-0.1, -0.05) is 68.3 Å². The number of carbonyl (C=O) groups is 2. The summed E-state index contributed by atoms with van der Waals surface area (Å²) in [6, 6.07) is 16.3. The quantitative estimate of drug-likeness (QED) is 0.170. The lowest BCUT2D eigenvalue weighted by atomic mass is 9.86. The van der Waals surface area contributed by atoms with E-state index >= 15 is 0 Å². The summed E-state index contributed by atoms with van der Waals surface area (Å²) in [5.41, 5.74) is 3.68. The largest absolute Gasteiger partial charge is 0.491 e. The van der Waals surface area contributed by atoms with Gasteiger partial charge < -0.3 is 13.9 Å². The van der Waals surface area contributed by atoms with Gasteiger partial charge in [0.2, 0.25) is 5.89 Å². The van der Waals surface area contributed by atoms with E-state index in [2.05, 4.69) is 9.72 Å². The summed E-state index contributed by atoms with van der Waals surface area (Å²) >= 11 is 0. The molecule has 10 heteroatoms. The fraction of sp³-hybridized carbons (Fsp3) is 0.485. The number of aromatic nitrogens is 1. The fourth-order valence-electron chi connectivity index (χ4n) is 5.62. The van der Waals surface area contributed by atoms with Gasteiger partial charge >= 0.3 is 18.1 Å². The van der Waals surface area contributed by atoms with E-state index in [9.17, 15) is 22.8 Å². The molecular weight excluding hydrogens is 561 g/mol. The van der Waals surface area contributed by atoms with Gasteiger partial charge in [0.25, 0.3) is 0 Å². The van der Waals surface area contributed by atoms with Crippen LogP contribution in [0.3, 0.4) is 0 Å². The summed E-state index contributed by atoms with van der Waals surface area (Å²) in [6.45, 7) is 8.41. The van der Waals surface area contributed by atoms with Crippen molar-refractivity contribution in [3.05, 3.63) is 77.2 Å². The number of halogens is 3. The summed E-state index contributed by atoms with van der Waals surface area (Å²) in [5.74, 6) is -2.72. The zero-order valence-corrected chi connectivity index (χ0v) is 25.0. The van der Waals surface area contributed by atoms with Crippen LogP contribution in [0.4, 0.5) is 13.2 Å². The van der Waals surface area contributed by atoms with Crippen molar-refractivity contribution >= 4 is 11.9 Å². The van der Waals surface area contributed by atoms with Crippen molar-refractivity contribution < 1.29 is 36.7 Å². The number of hydrogen-bond acceptors (Lipinski definition) is 7. The molecule has 0 aliphatic heterocycles. The van der Waals surface area contributed by atoms with Crippen molar-refractivity contribution in [2.24, 2.45) is 11.8 Å². The third-order valence-corrected chi connectivity index (χ3v) is 7.79. The average Bonchev–Trinajstić information content (AvgIpc) is 3.32. The average molecular weight is 601 g/mol. The third kappa shape index (κ3) is 9.00. The molecule has 232 valence electrons.